The summed E-state index contributed by atoms with van der Waals surface area (Å²) in [5, 5.41) is 5.65. The number of benzene rings is 1. The van der Waals surface area contributed by atoms with Crippen molar-refractivity contribution in [2.75, 3.05) is 26.2 Å². The summed E-state index contributed by atoms with van der Waals surface area (Å²) in [7, 11) is 0. The number of carbonyl (C=O) groups is 4. The van der Waals surface area contributed by atoms with E-state index in [9.17, 15) is 19.2 Å². The average molecular weight is 453 g/mol. The van der Waals surface area contributed by atoms with Crippen LogP contribution < -0.4 is 10.6 Å². The van der Waals surface area contributed by atoms with Crippen molar-refractivity contribution in [3.8, 4) is 0 Å². The lowest BCUT2D eigenvalue weighted by molar-refractivity contribution is -0.136. The standard InChI is InChI=1S/C23H27N5O5/c29-19-5-4-16(21(30)25-19)27-11-14-3-1-2-13(20(14)22(27)31)10-26-7-6-15(12-26)28-17-8-24-9-18(17)33-23(28)32/h1-3,15-18,24H,4-12H2,(H,25,29,30)/t15?,16?,17-,18+/m0/s1. The van der Waals surface area contributed by atoms with E-state index in [0.29, 0.717) is 31.6 Å². The number of nitrogens with zero attached hydrogens (tertiary/aromatic N) is 3. The topological polar surface area (TPSA) is 111 Å². The van der Waals surface area contributed by atoms with Crippen molar-refractivity contribution in [1.29, 1.82) is 0 Å². The first-order chi connectivity index (χ1) is 16.0. The van der Waals surface area contributed by atoms with E-state index in [4.69, 9.17) is 4.74 Å². The predicted octanol–water partition coefficient (Wildman–Crippen LogP) is -0.185. The Morgan fingerprint density at radius 2 is 1.97 bits per heavy atom. The molecule has 0 spiro atoms. The van der Waals surface area contributed by atoms with Crippen molar-refractivity contribution >= 4 is 23.8 Å². The molecule has 5 aliphatic heterocycles. The molecule has 2 N–H and O–H groups in total. The van der Waals surface area contributed by atoms with Crippen LogP contribution in [0.5, 0.6) is 0 Å². The van der Waals surface area contributed by atoms with Crippen molar-refractivity contribution in [2.24, 2.45) is 0 Å². The Morgan fingerprint density at radius 3 is 2.82 bits per heavy atom. The molecule has 1 aromatic carbocycles. The van der Waals surface area contributed by atoms with Gasteiger partial charge in [0, 0.05) is 57.3 Å². The van der Waals surface area contributed by atoms with Gasteiger partial charge in [0.15, 0.2) is 0 Å². The van der Waals surface area contributed by atoms with Gasteiger partial charge in [-0.15, -0.1) is 0 Å². The SMILES string of the molecule is O=C1CCC(N2Cc3cccc(CN4CCC(N5C(=O)O[C@@H]6CNC[C@@H]65)C4)c3C2=O)C(=O)N1. The van der Waals surface area contributed by atoms with E-state index >= 15 is 0 Å². The summed E-state index contributed by atoms with van der Waals surface area (Å²) in [5.41, 5.74) is 2.53. The molecule has 4 saturated heterocycles. The number of imide groups is 1. The van der Waals surface area contributed by atoms with Crippen LogP contribution >= 0.6 is 0 Å². The van der Waals surface area contributed by atoms with Gasteiger partial charge in [0.05, 0.1) is 6.04 Å². The van der Waals surface area contributed by atoms with Crippen LogP contribution in [0.2, 0.25) is 0 Å². The summed E-state index contributed by atoms with van der Waals surface area (Å²) in [5.74, 6) is -0.825. The third kappa shape index (κ3) is 3.39. The molecule has 0 bridgehead atoms. The van der Waals surface area contributed by atoms with Crippen LogP contribution in [0, 0.1) is 0 Å². The molecule has 5 heterocycles. The normalized spacial score (nSPS) is 31.8. The van der Waals surface area contributed by atoms with Gasteiger partial charge in [-0.3, -0.25) is 29.5 Å². The van der Waals surface area contributed by atoms with E-state index in [1.165, 1.54) is 0 Å². The Morgan fingerprint density at radius 1 is 1.09 bits per heavy atom. The summed E-state index contributed by atoms with van der Waals surface area (Å²) in [6.07, 6.45) is 1.21. The summed E-state index contributed by atoms with van der Waals surface area (Å²) >= 11 is 0. The predicted molar refractivity (Wildman–Crippen MR) is 115 cm³/mol. The fourth-order valence-corrected chi connectivity index (χ4v) is 6.03. The molecule has 4 amide bonds. The highest BCUT2D eigenvalue weighted by Crippen LogP contribution is 2.32. The molecular formula is C23H27N5O5. The van der Waals surface area contributed by atoms with Crippen LogP contribution in [0.1, 0.15) is 40.7 Å². The number of nitrogens with one attached hydrogen (secondary N) is 2. The summed E-state index contributed by atoms with van der Waals surface area (Å²) in [6.45, 7) is 4.06. The van der Waals surface area contributed by atoms with Gasteiger partial charge in [0.2, 0.25) is 11.8 Å². The molecule has 10 heteroatoms. The van der Waals surface area contributed by atoms with Gasteiger partial charge in [-0.2, -0.15) is 0 Å². The van der Waals surface area contributed by atoms with Gasteiger partial charge in [-0.05, 0) is 24.0 Å². The van der Waals surface area contributed by atoms with Crippen molar-refractivity contribution in [3.63, 3.8) is 0 Å². The minimum Gasteiger partial charge on any atom is -0.442 e. The highest BCUT2D eigenvalue weighted by atomic mass is 16.6. The van der Waals surface area contributed by atoms with E-state index in [-0.39, 0.29) is 42.5 Å². The van der Waals surface area contributed by atoms with Crippen LogP contribution in [0.3, 0.4) is 0 Å². The quantitative estimate of drug-likeness (QED) is 0.608. The first kappa shape index (κ1) is 20.6. The number of hydrogen-bond acceptors (Lipinski definition) is 7. The van der Waals surface area contributed by atoms with Crippen molar-refractivity contribution in [1.82, 2.24) is 25.3 Å². The molecule has 0 aromatic heterocycles. The average Bonchev–Trinajstić information content (AvgIpc) is 3.53. The van der Waals surface area contributed by atoms with E-state index < -0.39 is 11.9 Å². The largest absolute Gasteiger partial charge is 0.442 e. The molecule has 0 saturated carbocycles. The number of ether oxygens (including phenoxy) is 1. The maximum absolute atomic E-state index is 13.3. The third-order valence-corrected chi connectivity index (χ3v) is 7.62. The smallest absolute Gasteiger partial charge is 0.410 e. The zero-order chi connectivity index (χ0) is 22.7. The van der Waals surface area contributed by atoms with Gasteiger partial charge in [-0.1, -0.05) is 18.2 Å². The van der Waals surface area contributed by atoms with Crippen LogP contribution in [-0.4, -0.2) is 88.9 Å². The highest BCUT2D eigenvalue weighted by Gasteiger charge is 2.49. The number of fused-ring (bicyclic) bond motifs is 2. The molecule has 4 atom stereocenters. The van der Waals surface area contributed by atoms with Gasteiger partial charge < -0.3 is 15.0 Å². The summed E-state index contributed by atoms with van der Waals surface area (Å²) in [4.78, 5) is 55.4. The monoisotopic (exact) mass is 453 g/mol. The molecule has 0 aliphatic carbocycles. The number of hydrogen-bond donors (Lipinski definition) is 2. The van der Waals surface area contributed by atoms with Crippen molar-refractivity contribution in [2.45, 2.75) is 56.6 Å². The summed E-state index contributed by atoms with van der Waals surface area (Å²) < 4.78 is 5.53. The zero-order valence-electron chi connectivity index (χ0n) is 18.3. The van der Waals surface area contributed by atoms with E-state index in [1.54, 1.807) is 4.90 Å². The summed E-state index contributed by atoms with van der Waals surface area (Å²) in [6, 6.07) is 5.46. The maximum Gasteiger partial charge on any atom is 0.410 e. The van der Waals surface area contributed by atoms with Crippen LogP contribution in [0.25, 0.3) is 0 Å². The number of rotatable bonds is 4. The minimum absolute atomic E-state index is 0.0557. The molecule has 2 unspecified atom stereocenters. The maximum atomic E-state index is 13.3. The van der Waals surface area contributed by atoms with Crippen LogP contribution in [-0.2, 0) is 27.4 Å². The molecule has 174 valence electrons. The first-order valence-corrected chi connectivity index (χ1v) is 11.7. The van der Waals surface area contributed by atoms with Crippen molar-refractivity contribution < 1.29 is 23.9 Å². The lowest BCUT2D eigenvalue weighted by atomic mass is 10.0. The Balaban J connectivity index is 1.16. The molecular weight excluding hydrogens is 426 g/mol. The van der Waals surface area contributed by atoms with E-state index in [0.717, 1.165) is 37.2 Å². The Hall–Kier alpha value is -2.98. The second kappa shape index (κ2) is 7.81. The molecule has 0 radical (unpaired) electrons. The zero-order valence-corrected chi connectivity index (χ0v) is 18.3. The molecule has 10 nitrogen and oxygen atoms in total. The highest BCUT2D eigenvalue weighted by molar-refractivity contribution is 6.06. The molecule has 33 heavy (non-hydrogen) atoms. The van der Waals surface area contributed by atoms with E-state index in [2.05, 4.69) is 15.5 Å². The third-order valence-electron chi connectivity index (χ3n) is 7.62. The second-order valence-electron chi connectivity index (χ2n) is 9.58. The number of amides is 4. The molecule has 4 fully saturated rings. The molecule has 1 aromatic rings. The van der Waals surface area contributed by atoms with Gasteiger partial charge in [0.25, 0.3) is 5.91 Å². The Bertz CT molecular complexity index is 1040. The number of carbonyl (C=O) groups excluding carboxylic acids is 4. The lowest BCUT2D eigenvalue weighted by Gasteiger charge is -2.29. The van der Waals surface area contributed by atoms with Gasteiger partial charge in [0.1, 0.15) is 12.1 Å². The van der Waals surface area contributed by atoms with E-state index in [1.807, 2.05) is 23.1 Å². The van der Waals surface area contributed by atoms with Crippen molar-refractivity contribution in [3.05, 3.63) is 34.9 Å². The first-order valence-electron chi connectivity index (χ1n) is 11.7. The number of piperidine rings is 1. The molecule has 6 rings (SSSR count). The fourth-order valence-electron chi connectivity index (χ4n) is 6.03. The van der Waals surface area contributed by atoms with Crippen LogP contribution in [0.15, 0.2) is 18.2 Å². The van der Waals surface area contributed by atoms with Gasteiger partial charge >= 0.3 is 6.09 Å². The fraction of sp³-hybridized carbons (Fsp3) is 0.565. The number of likely N-dealkylation sites (tertiary alicyclic amines) is 1. The van der Waals surface area contributed by atoms with Crippen LogP contribution in [0.4, 0.5) is 4.79 Å². The Kier molecular flexibility index (Phi) is 4.88. The van der Waals surface area contributed by atoms with Gasteiger partial charge in [-0.25, -0.2) is 4.79 Å². The second-order valence-corrected chi connectivity index (χ2v) is 9.58. The minimum atomic E-state index is -0.610. The lowest BCUT2D eigenvalue weighted by Crippen LogP contribution is -2.52. The Labute approximate surface area is 191 Å². The molecule has 5 aliphatic rings.